The molecule has 2 aromatic rings. The lowest BCUT2D eigenvalue weighted by Gasteiger charge is -2.36. The largest absolute Gasteiger partial charge is 0.490 e. The van der Waals surface area contributed by atoms with E-state index in [1.807, 2.05) is 0 Å². The summed E-state index contributed by atoms with van der Waals surface area (Å²) in [4.78, 5) is 3.82. The number of alkyl halides is 2. The molecule has 11 heteroatoms. The van der Waals surface area contributed by atoms with Gasteiger partial charge in [-0.3, -0.25) is 4.98 Å². The van der Waals surface area contributed by atoms with Crippen molar-refractivity contribution in [2.45, 2.75) is 38.2 Å². The van der Waals surface area contributed by atoms with Gasteiger partial charge in [-0.1, -0.05) is 0 Å². The maximum absolute atomic E-state index is 14.6. The molecule has 1 aliphatic carbocycles. The van der Waals surface area contributed by atoms with Crippen LogP contribution >= 0.6 is 0 Å². The second kappa shape index (κ2) is 9.42. The molecule has 6 nitrogen and oxygen atoms in total. The van der Waals surface area contributed by atoms with Crippen LogP contribution in [0.15, 0.2) is 30.5 Å². The van der Waals surface area contributed by atoms with E-state index >= 15 is 0 Å². The Bertz CT molecular complexity index is 1140. The number of nitrogens with zero attached hydrogens (tertiary/aromatic N) is 2. The molecule has 172 valence electrons. The Morgan fingerprint density at radius 2 is 2.03 bits per heavy atom. The number of aromatic nitrogens is 1. The van der Waals surface area contributed by atoms with Crippen LogP contribution < -0.4 is 9.46 Å². The Kier molecular flexibility index (Phi) is 7.05. The van der Waals surface area contributed by atoms with E-state index in [-0.39, 0.29) is 41.4 Å². The molecule has 1 saturated carbocycles. The van der Waals surface area contributed by atoms with E-state index in [4.69, 9.17) is 10.00 Å². The summed E-state index contributed by atoms with van der Waals surface area (Å²) in [6.07, 6.45) is 0.0450. The van der Waals surface area contributed by atoms with Crippen LogP contribution in [0.1, 0.15) is 31.7 Å². The van der Waals surface area contributed by atoms with Crippen molar-refractivity contribution in [3.05, 3.63) is 47.7 Å². The molecule has 1 N–H and O–H groups in total. The molecule has 0 radical (unpaired) electrons. The zero-order valence-corrected chi connectivity index (χ0v) is 17.9. The van der Waals surface area contributed by atoms with Crippen molar-refractivity contribution in [3.8, 4) is 23.1 Å². The lowest BCUT2D eigenvalue weighted by Crippen LogP contribution is -2.48. The highest BCUT2D eigenvalue weighted by molar-refractivity contribution is 7.89. The molecule has 1 aliphatic rings. The predicted octanol–water partition coefficient (Wildman–Crippen LogP) is 4.02. The number of hydrogen-bond donors (Lipinski definition) is 1. The third kappa shape index (κ3) is 5.75. The fraction of sp³-hybridized carbons (Fsp3) is 0.429. The van der Waals surface area contributed by atoms with E-state index in [1.54, 1.807) is 6.07 Å². The van der Waals surface area contributed by atoms with Crippen LogP contribution in [-0.4, -0.2) is 37.7 Å². The lowest BCUT2D eigenvalue weighted by molar-refractivity contribution is -0.0662. The standard InChI is InChI=1S/C21H21F4N3O3S/c1-2-32(29,30)28-18-5-6-21(24,25)9-15(18)12-31-19-4-3-14(8-16(19)22)20-17(23)7-13(10-26)11-27-20/h3-4,7-8,11,15,18,28H,2,5-6,9,12H2,1H3/t15-,18-/m0/s1. The molecule has 0 bridgehead atoms. The molecule has 0 aliphatic heterocycles. The lowest BCUT2D eigenvalue weighted by atomic mass is 9.83. The van der Waals surface area contributed by atoms with E-state index in [0.717, 1.165) is 18.3 Å². The minimum atomic E-state index is -3.61. The first-order valence-corrected chi connectivity index (χ1v) is 11.5. The molecule has 0 unspecified atom stereocenters. The Morgan fingerprint density at radius 3 is 2.66 bits per heavy atom. The fourth-order valence-corrected chi connectivity index (χ4v) is 4.49. The van der Waals surface area contributed by atoms with Gasteiger partial charge in [0.2, 0.25) is 15.9 Å². The number of nitrogens with one attached hydrogen (secondary N) is 1. The fourth-order valence-electron chi connectivity index (χ4n) is 3.55. The summed E-state index contributed by atoms with van der Waals surface area (Å²) in [5, 5.41) is 8.78. The molecule has 2 atom stereocenters. The number of pyridine rings is 1. The molecule has 0 amide bonds. The first kappa shape index (κ1) is 23.9. The molecule has 1 fully saturated rings. The molecule has 0 spiro atoms. The summed E-state index contributed by atoms with van der Waals surface area (Å²) in [6, 6.07) is 5.53. The van der Waals surface area contributed by atoms with Crippen molar-refractivity contribution in [1.82, 2.24) is 9.71 Å². The molecule has 32 heavy (non-hydrogen) atoms. The van der Waals surface area contributed by atoms with Gasteiger partial charge in [0.1, 0.15) is 11.8 Å². The summed E-state index contributed by atoms with van der Waals surface area (Å²) >= 11 is 0. The van der Waals surface area contributed by atoms with E-state index in [2.05, 4.69) is 9.71 Å². The smallest absolute Gasteiger partial charge is 0.248 e. The normalized spacial score (nSPS) is 20.5. The summed E-state index contributed by atoms with van der Waals surface area (Å²) in [6.45, 7) is 1.11. The third-order valence-electron chi connectivity index (χ3n) is 5.29. The van der Waals surface area contributed by atoms with Gasteiger partial charge < -0.3 is 4.74 Å². The number of halogens is 4. The monoisotopic (exact) mass is 471 g/mol. The summed E-state index contributed by atoms with van der Waals surface area (Å²) in [5.41, 5.74) is -0.0331. The Morgan fingerprint density at radius 1 is 1.28 bits per heavy atom. The van der Waals surface area contributed by atoms with Crippen LogP contribution in [0.4, 0.5) is 17.6 Å². The van der Waals surface area contributed by atoms with Gasteiger partial charge in [0, 0.05) is 36.6 Å². The molecule has 1 aromatic carbocycles. The Labute approximate surface area is 183 Å². The Balaban J connectivity index is 1.75. The van der Waals surface area contributed by atoms with Crippen LogP contribution in [-0.2, 0) is 10.0 Å². The van der Waals surface area contributed by atoms with E-state index in [0.29, 0.717) is 0 Å². The highest BCUT2D eigenvalue weighted by Crippen LogP contribution is 2.38. The highest BCUT2D eigenvalue weighted by atomic mass is 32.2. The Hall–Kier alpha value is -2.71. The van der Waals surface area contributed by atoms with Gasteiger partial charge in [-0.15, -0.1) is 0 Å². The quantitative estimate of drug-likeness (QED) is 0.616. The number of nitriles is 1. The van der Waals surface area contributed by atoms with Gasteiger partial charge in [0.25, 0.3) is 0 Å². The van der Waals surface area contributed by atoms with E-state index in [1.165, 1.54) is 19.1 Å². The van der Waals surface area contributed by atoms with Crippen LogP contribution in [0, 0.1) is 28.9 Å². The number of rotatable bonds is 7. The van der Waals surface area contributed by atoms with Gasteiger partial charge in [0.15, 0.2) is 17.4 Å². The van der Waals surface area contributed by atoms with Crippen LogP contribution in [0.25, 0.3) is 11.3 Å². The van der Waals surface area contributed by atoms with Crippen LogP contribution in [0.3, 0.4) is 0 Å². The van der Waals surface area contributed by atoms with Crippen molar-refractivity contribution >= 4 is 10.0 Å². The van der Waals surface area contributed by atoms with Gasteiger partial charge in [0.05, 0.1) is 17.9 Å². The van der Waals surface area contributed by atoms with Crippen molar-refractivity contribution in [1.29, 1.82) is 5.26 Å². The van der Waals surface area contributed by atoms with Gasteiger partial charge >= 0.3 is 0 Å². The number of hydrogen-bond acceptors (Lipinski definition) is 5. The molecule has 1 aromatic heterocycles. The van der Waals surface area contributed by atoms with Crippen LogP contribution in [0.5, 0.6) is 5.75 Å². The van der Waals surface area contributed by atoms with E-state index < -0.39 is 52.4 Å². The zero-order valence-electron chi connectivity index (χ0n) is 17.1. The number of ether oxygens (including phenoxy) is 1. The van der Waals surface area contributed by atoms with Crippen molar-refractivity contribution in [3.63, 3.8) is 0 Å². The van der Waals surface area contributed by atoms with Crippen molar-refractivity contribution in [2.24, 2.45) is 5.92 Å². The molecular formula is C21H21F4N3O3S. The van der Waals surface area contributed by atoms with Gasteiger partial charge in [-0.05, 0) is 37.6 Å². The van der Waals surface area contributed by atoms with Crippen molar-refractivity contribution < 1.29 is 30.7 Å². The first-order valence-electron chi connectivity index (χ1n) is 9.90. The average Bonchev–Trinajstić information content (AvgIpc) is 2.74. The second-order valence-corrected chi connectivity index (χ2v) is 9.65. The average molecular weight is 471 g/mol. The number of benzene rings is 1. The topological polar surface area (TPSA) is 92.1 Å². The van der Waals surface area contributed by atoms with E-state index in [9.17, 15) is 26.0 Å². The molecule has 3 rings (SSSR count). The van der Waals surface area contributed by atoms with Crippen molar-refractivity contribution in [2.75, 3.05) is 12.4 Å². The first-order chi connectivity index (χ1) is 15.0. The minimum absolute atomic E-state index is 0.0178. The van der Waals surface area contributed by atoms with Gasteiger partial charge in [-0.2, -0.15) is 5.26 Å². The maximum Gasteiger partial charge on any atom is 0.248 e. The molecular weight excluding hydrogens is 450 g/mol. The zero-order chi connectivity index (χ0) is 23.5. The minimum Gasteiger partial charge on any atom is -0.490 e. The van der Waals surface area contributed by atoms with Gasteiger partial charge in [-0.25, -0.2) is 30.7 Å². The SMILES string of the molecule is CCS(=O)(=O)N[C@H]1CCC(F)(F)C[C@H]1COc1ccc(-c2ncc(C#N)cc2F)cc1F. The summed E-state index contributed by atoms with van der Waals surface area (Å²) in [7, 11) is -3.61. The summed E-state index contributed by atoms with van der Waals surface area (Å²) in [5.74, 6) is -5.92. The molecule has 1 heterocycles. The predicted molar refractivity (Wildman–Crippen MR) is 108 cm³/mol. The highest BCUT2D eigenvalue weighted by Gasteiger charge is 2.42. The van der Waals surface area contributed by atoms with Crippen LogP contribution in [0.2, 0.25) is 0 Å². The second-order valence-electron chi connectivity index (χ2n) is 7.61. The number of sulfonamides is 1. The molecule has 0 saturated heterocycles. The maximum atomic E-state index is 14.6. The third-order valence-corrected chi connectivity index (χ3v) is 6.71. The summed E-state index contributed by atoms with van der Waals surface area (Å²) < 4.78 is 88.1.